The van der Waals surface area contributed by atoms with E-state index in [9.17, 15) is 22.8 Å². The largest absolute Gasteiger partial charge is 0.490 e. The van der Waals surface area contributed by atoms with Crippen LogP contribution < -0.4 is 25.8 Å². The van der Waals surface area contributed by atoms with Crippen LogP contribution in [0.1, 0.15) is 55.5 Å². The fourth-order valence-electron chi connectivity index (χ4n) is 4.13. The first-order valence-corrected chi connectivity index (χ1v) is 12.7. The van der Waals surface area contributed by atoms with Crippen LogP contribution in [0, 0.1) is 17.8 Å². The summed E-state index contributed by atoms with van der Waals surface area (Å²) in [6, 6.07) is 3.42. The number of nitrogens with one attached hydrogen (secondary N) is 2. The number of halogens is 3. The van der Waals surface area contributed by atoms with Crippen molar-refractivity contribution in [2.75, 3.05) is 19.7 Å². The molecule has 0 spiro atoms. The Labute approximate surface area is 228 Å². The van der Waals surface area contributed by atoms with E-state index in [2.05, 4.69) is 27.5 Å². The number of carboxylic acids is 1. The van der Waals surface area contributed by atoms with E-state index in [1.54, 1.807) is 18.3 Å². The van der Waals surface area contributed by atoms with Crippen molar-refractivity contribution in [3.05, 3.63) is 29.5 Å². The van der Waals surface area contributed by atoms with Gasteiger partial charge in [-0.2, -0.15) is 13.2 Å². The Kier molecular flexibility index (Phi) is 10.2. The molecule has 216 valence electrons. The van der Waals surface area contributed by atoms with E-state index in [1.165, 1.54) is 0 Å². The molecular formula is C27H31F3N4O6. The average molecular weight is 565 g/mol. The lowest BCUT2D eigenvalue weighted by Crippen LogP contribution is -2.31. The zero-order valence-corrected chi connectivity index (χ0v) is 22.1. The first kappa shape index (κ1) is 30.5. The number of nitrogens with zero attached hydrogens (tertiary/aromatic N) is 1. The molecule has 10 nitrogen and oxygen atoms in total. The van der Waals surface area contributed by atoms with Gasteiger partial charge in [0.05, 0.1) is 23.3 Å². The zero-order valence-electron chi connectivity index (χ0n) is 22.1. The number of amides is 2. The summed E-state index contributed by atoms with van der Waals surface area (Å²) >= 11 is 0. The first-order valence-electron chi connectivity index (χ1n) is 12.7. The molecule has 0 aliphatic carbocycles. The summed E-state index contributed by atoms with van der Waals surface area (Å²) in [5, 5.41) is 14.8. The van der Waals surface area contributed by atoms with Crippen LogP contribution in [0.15, 0.2) is 18.3 Å². The maximum Gasteiger partial charge on any atom is 0.490 e. The minimum absolute atomic E-state index is 0.0312. The SMILES string of the molecule is CC(C)Oc1cc2c(OC[C@@H]3CCC(=O)N3)ncc(C#CC3CCNCC3)c2cc1C(N)=O.O=C(O)C(F)(F)F. The highest BCUT2D eigenvalue weighted by Gasteiger charge is 2.38. The van der Waals surface area contributed by atoms with Gasteiger partial charge in [0.1, 0.15) is 12.4 Å². The number of rotatable bonds is 6. The molecule has 2 amide bonds. The number of aliphatic carboxylic acids is 1. The average Bonchev–Trinajstić information content (AvgIpc) is 3.31. The van der Waals surface area contributed by atoms with Crippen molar-refractivity contribution in [1.82, 2.24) is 15.6 Å². The molecule has 1 aromatic carbocycles. The molecule has 2 aromatic rings. The maximum absolute atomic E-state index is 12.2. The van der Waals surface area contributed by atoms with Crippen molar-refractivity contribution >= 4 is 28.6 Å². The van der Waals surface area contributed by atoms with Gasteiger partial charge in [-0.1, -0.05) is 11.8 Å². The van der Waals surface area contributed by atoms with Gasteiger partial charge in [0.2, 0.25) is 11.8 Å². The Morgan fingerprint density at radius 3 is 2.42 bits per heavy atom. The Morgan fingerprint density at radius 2 is 1.88 bits per heavy atom. The van der Waals surface area contributed by atoms with Crippen molar-refractivity contribution in [3.8, 4) is 23.5 Å². The van der Waals surface area contributed by atoms with Crippen LogP contribution >= 0.6 is 0 Å². The third kappa shape index (κ3) is 8.47. The fourth-order valence-corrected chi connectivity index (χ4v) is 4.13. The first-order chi connectivity index (χ1) is 18.8. The van der Waals surface area contributed by atoms with Crippen LogP contribution in [0.25, 0.3) is 10.8 Å². The number of hydrogen-bond acceptors (Lipinski definition) is 7. The number of benzene rings is 1. The number of primary amides is 1. The molecule has 40 heavy (non-hydrogen) atoms. The Balaban J connectivity index is 0.000000559. The second-order valence-corrected chi connectivity index (χ2v) is 9.61. The van der Waals surface area contributed by atoms with Crippen molar-refractivity contribution in [2.45, 2.75) is 57.9 Å². The topological polar surface area (TPSA) is 153 Å². The van der Waals surface area contributed by atoms with E-state index in [1.807, 2.05) is 13.8 Å². The quantitative estimate of drug-likeness (QED) is 0.391. The summed E-state index contributed by atoms with van der Waals surface area (Å²) in [5.41, 5.74) is 6.67. The number of pyridine rings is 1. The van der Waals surface area contributed by atoms with Crippen LogP contribution in [0.3, 0.4) is 0 Å². The molecule has 1 atom stereocenters. The van der Waals surface area contributed by atoms with E-state index in [-0.39, 0.29) is 18.1 Å². The number of nitrogens with two attached hydrogens (primary N) is 1. The fraction of sp³-hybridized carbons (Fsp3) is 0.481. The highest BCUT2D eigenvalue weighted by atomic mass is 19.4. The zero-order chi connectivity index (χ0) is 29.4. The Hall–Kier alpha value is -4.05. The van der Waals surface area contributed by atoms with Crippen molar-refractivity contribution < 1.29 is 42.1 Å². The molecule has 4 rings (SSSR count). The van der Waals surface area contributed by atoms with E-state index in [4.69, 9.17) is 25.1 Å². The number of carbonyl (C=O) groups excluding carboxylic acids is 2. The standard InChI is InChI=1S/C25H30N4O4.C2HF3O2/c1-15(2)33-22-12-20-19(11-21(22)24(26)31)17(4-3-16-7-9-27-10-8-16)13-28-25(20)32-14-18-5-6-23(30)29-18;3-2(4,5)1(6)7/h11-13,15-16,18,27H,5-10,14H2,1-2H3,(H2,26,31)(H,29,30);(H,6,7)/t18-;/m0./s1. The summed E-state index contributed by atoms with van der Waals surface area (Å²) in [6.07, 6.45) is -0.315. The summed E-state index contributed by atoms with van der Waals surface area (Å²) in [5.74, 6) is 4.44. The number of alkyl halides is 3. The Morgan fingerprint density at radius 1 is 1.20 bits per heavy atom. The number of carbonyl (C=O) groups is 3. The third-order valence-electron chi connectivity index (χ3n) is 6.08. The van der Waals surface area contributed by atoms with Crippen LogP contribution in [-0.2, 0) is 9.59 Å². The number of carboxylic acid groups (broad SMARTS) is 1. The summed E-state index contributed by atoms with van der Waals surface area (Å²) in [6.45, 7) is 6.00. The minimum Gasteiger partial charge on any atom is -0.490 e. The van der Waals surface area contributed by atoms with Gasteiger partial charge in [0, 0.05) is 29.3 Å². The lowest BCUT2D eigenvalue weighted by molar-refractivity contribution is -0.192. The molecule has 0 unspecified atom stereocenters. The highest BCUT2D eigenvalue weighted by Crippen LogP contribution is 2.33. The number of fused-ring (bicyclic) bond motifs is 1. The van der Waals surface area contributed by atoms with Crippen LogP contribution in [-0.4, -0.2) is 65.9 Å². The minimum atomic E-state index is -5.08. The van der Waals surface area contributed by atoms with E-state index >= 15 is 0 Å². The lowest BCUT2D eigenvalue weighted by atomic mass is 9.97. The molecule has 0 bridgehead atoms. The number of hydrogen-bond donors (Lipinski definition) is 4. The highest BCUT2D eigenvalue weighted by molar-refractivity contribution is 6.03. The molecule has 0 radical (unpaired) electrons. The number of piperidine rings is 1. The molecule has 2 fully saturated rings. The summed E-state index contributed by atoms with van der Waals surface area (Å²) in [4.78, 5) is 37.1. The van der Waals surface area contributed by atoms with Gasteiger partial charge in [-0.25, -0.2) is 9.78 Å². The lowest BCUT2D eigenvalue weighted by Gasteiger charge is -2.18. The van der Waals surface area contributed by atoms with Gasteiger partial charge in [0.25, 0.3) is 5.91 Å². The van der Waals surface area contributed by atoms with Crippen LogP contribution in [0.5, 0.6) is 11.6 Å². The van der Waals surface area contributed by atoms with Gasteiger partial charge < -0.3 is 30.9 Å². The normalized spacial score (nSPS) is 17.4. The van der Waals surface area contributed by atoms with Gasteiger partial charge >= 0.3 is 12.1 Å². The van der Waals surface area contributed by atoms with Crippen molar-refractivity contribution in [2.24, 2.45) is 11.7 Å². The van der Waals surface area contributed by atoms with Crippen molar-refractivity contribution in [3.63, 3.8) is 0 Å². The Bertz CT molecular complexity index is 1310. The predicted octanol–water partition coefficient (Wildman–Crippen LogP) is 2.76. The van der Waals surface area contributed by atoms with Crippen LogP contribution in [0.4, 0.5) is 13.2 Å². The molecule has 2 saturated heterocycles. The molecule has 3 heterocycles. The molecule has 2 aliphatic heterocycles. The van der Waals surface area contributed by atoms with E-state index in [0.29, 0.717) is 47.1 Å². The summed E-state index contributed by atoms with van der Waals surface area (Å²) in [7, 11) is 0. The number of ether oxygens (including phenoxy) is 2. The predicted molar refractivity (Wildman–Crippen MR) is 139 cm³/mol. The third-order valence-corrected chi connectivity index (χ3v) is 6.08. The second-order valence-electron chi connectivity index (χ2n) is 9.61. The van der Waals surface area contributed by atoms with Gasteiger partial charge in [-0.05, 0) is 58.3 Å². The molecule has 1 aromatic heterocycles. The second kappa shape index (κ2) is 13.3. The van der Waals surface area contributed by atoms with Gasteiger partial charge in [-0.15, -0.1) is 0 Å². The smallest absolute Gasteiger partial charge is 0.490 e. The van der Waals surface area contributed by atoms with E-state index < -0.39 is 18.1 Å². The van der Waals surface area contributed by atoms with Crippen LogP contribution in [0.2, 0.25) is 0 Å². The molecule has 2 aliphatic rings. The number of aromatic nitrogens is 1. The van der Waals surface area contributed by atoms with Gasteiger partial charge in [-0.3, -0.25) is 9.59 Å². The maximum atomic E-state index is 12.2. The summed E-state index contributed by atoms with van der Waals surface area (Å²) < 4.78 is 43.6. The van der Waals surface area contributed by atoms with Gasteiger partial charge in [0.15, 0.2) is 0 Å². The molecule has 5 N–H and O–H groups in total. The van der Waals surface area contributed by atoms with Crippen molar-refractivity contribution in [1.29, 1.82) is 0 Å². The molecular weight excluding hydrogens is 533 g/mol. The molecule has 0 saturated carbocycles. The molecule has 13 heteroatoms. The van der Waals surface area contributed by atoms with E-state index in [0.717, 1.165) is 37.7 Å². The monoisotopic (exact) mass is 564 g/mol.